The molecule has 0 radical (unpaired) electrons. The van der Waals surface area contributed by atoms with Crippen LogP contribution in [0.2, 0.25) is 5.02 Å². The highest BCUT2D eigenvalue weighted by atomic mass is 35.5. The fraction of sp³-hybridized carbons (Fsp3) is 0.0909. The number of anilines is 1. The summed E-state index contributed by atoms with van der Waals surface area (Å²) >= 11 is 5.79. The number of halogens is 1. The van der Waals surface area contributed by atoms with Crippen molar-refractivity contribution in [3.05, 3.63) is 34.9 Å². The number of aromatic nitrogens is 2. The number of rotatable bonds is 2. The molecular weight excluding hydrogens is 240 g/mol. The predicted molar refractivity (Wildman–Crippen MR) is 64.3 cm³/mol. The first-order valence-electron chi connectivity index (χ1n) is 4.76. The quantitative estimate of drug-likeness (QED) is 0.882. The topological polar surface area (TPSA) is 76.9 Å². The van der Waals surface area contributed by atoms with Crippen LogP contribution >= 0.6 is 11.6 Å². The summed E-state index contributed by atoms with van der Waals surface area (Å²) in [6, 6.07) is 8.91. The van der Waals surface area contributed by atoms with Crippen LogP contribution in [0.5, 0.6) is 5.88 Å². The van der Waals surface area contributed by atoms with Gasteiger partial charge in [0.05, 0.1) is 12.8 Å². The van der Waals surface area contributed by atoms with Gasteiger partial charge in [0.2, 0.25) is 0 Å². The summed E-state index contributed by atoms with van der Waals surface area (Å²) in [7, 11) is 1.44. The Hall–Kier alpha value is -2.19. The Labute approximate surface area is 103 Å². The van der Waals surface area contributed by atoms with Crippen molar-refractivity contribution in [2.75, 3.05) is 12.8 Å². The fourth-order valence-corrected chi connectivity index (χ4v) is 1.56. The second-order valence-electron chi connectivity index (χ2n) is 3.27. The van der Waals surface area contributed by atoms with E-state index in [4.69, 9.17) is 27.3 Å². The Bertz CT molecular complexity index is 583. The minimum atomic E-state index is 0.208. The van der Waals surface area contributed by atoms with Crippen molar-refractivity contribution in [1.29, 1.82) is 5.26 Å². The highest BCUT2D eigenvalue weighted by molar-refractivity contribution is 6.30. The van der Waals surface area contributed by atoms with E-state index in [-0.39, 0.29) is 17.3 Å². The molecule has 0 spiro atoms. The number of ether oxygens (including phenoxy) is 1. The van der Waals surface area contributed by atoms with E-state index in [1.165, 1.54) is 11.8 Å². The number of benzene rings is 1. The van der Waals surface area contributed by atoms with Gasteiger partial charge < -0.3 is 10.5 Å². The van der Waals surface area contributed by atoms with Crippen molar-refractivity contribution in [2.45, 2.75) is 0 Å². The molecule has 0 aliphatic heterocycles. The maximum Gasteiger partial charge on any atom is 0.253 e. The molecule has 1 aromatic heterocycles. The van der Waals surface area contributed by atoms with Crippen LogP contribution in [0.4, 0.5) is 5.82 Å². The molecule has 0 aliphatic rings. The van der Waals surface area contributed by atoms with E-state index >= 15 is 0 Å². The molecule has 0 unspecified atom stereocenters. The van der Waals surface area contributed by atoms with Gasteiger partial charge in [-0.3, -0.25) is 0 Å². The largest absolute Gasteiger partial charge is 0.479 e. The van der Waals surface area contributed by atoms with Gasteiger partial charge >= 0.3 is 0 Å². The molecule has 1 heterocycles. The summed E-state index contributed by atoms with van der Waals surface area (Å²) in [6.07, 6.45) is 0. The average molecular weight is 249 g/mol. The van der Waals surface area contributed by atoms with Gasteiger partial charge in [0.25, 0.3) is 5.88 Å². The molecule has 0 saturated heterocycles. The Morgan fingerprint density at radius 2 is 2.06 bits per heavy atom. The van der Waals surface area contributed by atoms with Crippen LogP contribution in [-0.2, 0) is 0 Å². The van der Waals surface area contributed by atoms with Crippen LogP contribution in [0, 0.1) is 11.3 Å². The van der Waals surface area contributed by atoms with E-state index in [0.29, 0.717) is 10.7 Å². The molecule has 0 saturated carbocycles. The molecule has 0 aliphatic carbocycles. The normalized spacial score (nSPS) is 9.94. The number of hydrogen-bond donors (Lipinski definition) is 1. The van der Waals surface area contributed by atoms with Crippen molar-refractivity contribution < 1.29 is 4.74 Å². The van der Waals surface area contributed by atoms with Crippen LogP contribution < -0.4 is 10.5 Å². The van der Waals surface area contributed by atoms with E-state index in [1.807, 2.05) is 6.07 Å². The Morgan fingerprint density at radius 3 is 2.53 bits per heavy atom. The average Bonchev–Trinajstić information content (AvgIpc) is 2.66. The molecule has 2 N–H and O–H groups in total. The Morgan fingerprint density at radius 1 is 1.41 bits per heavy atom. The molecule has 6 heteroatoms. The number of methoxy groups -OCH3 is 1. The number of nitriles is 1. The zero-order valence-corrected chi connectivity index (χ0v) is 9.77. The summed E-state index contributed by atoms with van der Waals surface area (Å²) in [5.74, 6) is 0.451. The minimum Gasteiger partial charge on any atom is -0.479 e. The lowest BCUT2D eigenvalue weighted by atomic mass is 10.3. The van der Waals surface area contributed by atoms with Crippen molar-refractivity contribution in [3.8, 4) is 17.6 Å². The SMILES string of the molecule is COc1nn(-c2ccc(Cl)cc2)c(N)c1C#N. The van der Waals surface area contributed by atoms with Gasteiger partial charge in [-0.15, -0.1) is 5.10 Å². The van der Waals surface area contributed by atoms with Crippen LogP contribution in [0.25, 0.3) is 5.69 Å². The molecule has 2 aromatic rings. The van der Waals surface area contributed by atoms with Gasteiger partial charge in [-0.2, -0.15) is 5.26 Å². The summed E-state index contributed by atoms with van der Waals surface area (Å²) in [4.78, 5) is 0. The van der Waals surface area contributed by atoms with Gasteiger partial charge in [-0.25, -0.2) is 4.68 Å². The standard InChI is InChI=1S/C11H9ClN4O/c1-17-11-9(6-13)10(14)16(15-11)8-4-2-7(12)3-5-8/h2-5H,14H2,1H3. The first-order valence-corrected chi connectivity index (χ1v) is 5.13. The molecule has 1 aromatic carbocycles. The summed E-state index contributed by atoms with van der Waals surface area (Å²) in [6.45, 7) is 0. The second kappa shape index (κ2) is 4.36. The third kappa shape index (κ3) is 1.90. The molecule has 0 bridgehead atoms. The van der Waals surface area contributed by atoms with Crippen LogP contribution in [0.15, 0.2) is 24.3 Å². The first kappa shape index (κ1) is 11.3. The monoisotopic (exact) mass is 248 g/mol. The molecule has 5 nitrogen and oxygen atoms in total. The molecule has 86 valence electrons. The third-order valence-corrected chi connectivity index (χ3v) is 2.52. The van der Waals surface area contributed by atoms with Gasteiger partial charge in [-0.05, 0) is 24.3 Å². The van der Waals surface area contributed by atoms with Crippen LogP contribution in [0.3, 0.4) is 0 Å². The highest BCUT2D eigenvalue weighted by Crippen LogP contribution is 2.25. The minimum absolute atomic E-state index is 0.208. The maximum absolute atomic E-state index is 8.95. The van der Waals surface area contributed by atoms with Crippen LogP contribution in [0.1, 0.15) is 5.56 Å². The molecule has 2 rings (SSSR count). The highest BCUT2D eigenvalue weighted by Gasteiger charge is 2.16. The number of nitrogen functional groups attached to an aromatic ring is 1. The van der Waals surface area contributed by atoms with Crippen LogP contribution in [-0.4, -0.2) is 16.9 Å². The lowest BCUT2D eigenvalue weighted by Crippen LogP contribution is -2.02. The van der Waals surface area contributed by atoms with Gasteiger partial charge in [0.1, 0.15) is 11.9 Å². The van der Waals surface area contributed by atoms with E-state index in [2.05, 4.69) is 5.10 Å². The summed E-state index contributed by atoms with van der Waals surface area (Å²) in [5, 5.41) is 13.7. The zero-order chi connectivity index (χ0) is 12.4. The van der Waals surface area contributed by atoms with Crippen molar-refractivity contribution in [1.82, 2.24) is 9.78 Å². The fourth-order valence-electron chi connectivity index (χ4n) is 1.44. The van der Waals surface area contributed by atoms with Crippen molar-refractivity contribution in [2.24, 2.45) is 0 Å². The van der Waals surface area contributed by atoms with Crippen molar-refractivity contribution in [3.63, 3.8) is 0 Å². The lowest BCUT2D eigenvalue weighted by molar-refractivity contribution is 0.393. The summed E-state index contributed by atoms with van der Waals surface area (Å²) < 4.78 is 6.42. The molecule has 17 heavy (non-hydrogen) atoms. The van der Waals surface area contributed by atoms with E-state index in [9.17, 15) is 0 Å². The number of hydrogen-bond acceptors (Lipinski definition) is 4. The van der Waals surface area contributed by atoms with E-state index in [1.54, 1.807) is 24.3 Å². The maximum atomic E-state index is 8.95. The molecule has 0 amide bonds. The Balaban J connectivity index is 2.57. The summed E-state index contributed by atoms with van der Waals surface area (Å²) in [5.41, 5.74) is 6.76. The molecular formula is C11H9ClN4O. The van der Waals surface area contributed by atoms with Gasteiger partial charge in [-0.1, -0.05) is 11.6 Å². The van der Waals surface area contributed by atoms with Crippen molar-refractivity contribution >= 4 is 17.4 Å². The first-order chi connectivity index (χ1) is 8.17. The lowest BCUT2D eigenvalue weighted by Gasteiger charge is -2.02. The smallest absolute Gasteiger partial charge is 0.253 e. The molecule has 0 atom stereocenters. The van der Waals surface area contributed by atoms with E-state index in [0.717, 1.165) is 0 Å². The molecule has 0 fully saturated rings. The second-order valence-corrected chi connectivity index (χ2v) is 3.71. The third-order valence-electron chi connectivity index (χ3n) is 2.27. The van der Waals surface area contributed by atoms with Gasteiger partial charge in [0.15, 0.2) is 5.56 Å². The van der Waals surface area contributed by atoms with E-state index < -0.39 is 0 Å². The number of nitrogens with two attached hydrogens (primary N) is 1. The predicted octanol–water partition coefficient (Wildman–Crippen LogP) is 1.99. The van der Waals surface area contributed by atoms with Gasteiger partial charge in [0, 0.05) is 5.02 Å². The Kier molecular flexibility index (Phi) is 2.90. The number of nitrogens with zero attached hydrogens (tertiary/aromatic N) is 3. The zero-order valence-electron chi connectivity index (χ0n) is 9.01.